The van der Waals surface area contributed by atoms with Crippen LogP contribution in [0, 0.1) is 28.6 Å². The van der Waals surface area contributed by atoms with Crippen molar-refractivity contribution < 1.29 is 4.79 Å². The zero-order valence-electron chi connectivity index (χ0n) is 13.6. The number of fused-ring (bicyclic) bond motifs is 5. The van der Waals surface area contributed by atoms with E-state index in [9.17, 15) is 4.79 Å². The SMILES string of the molecule is C=C1CC2=CC(=O)CC[C@]2(C)[C@@H]2CC[C@]3(C)CCC[C@H]3[C@H]12. The molecule has 5 atom stereocenters. The Hall–Kier alpha value is -0.850. The van der Waals surface area contributed by atoms with Crippen LogP contribution in [0.5, 0.6) is 0 Å². The fourth-order valence-electron chi connectivity index (χ4n) is 6.43. The fourth-order valence-corrected chi connectivity index (χ4v) is 6.43. The molecule has 0 unspecified atom stereocenters. The third kappa shape index (κ3) is 1.79. The van der Waals surface area contributed by atoms with Crippen molar-refractivity contribution in [2.75, 3.05) is 0 Å². The van der Waals surface area contributed by atoms with Crippen molar-refractivity contribution in [2.45, 2.75) is 65.2 Å². The number of carbonyl (C=O) groups is 1. The molecule has 3 saturated carbocycles. The van der Waals surface area contributed by atoms with Gasteiger partial charge in [-0.2, -0.15) is 0 Å². The van der Waals surface area contributed by atoms with E-state index in [4.69, 9.17) is 0 Å². The normalized spacial score (nSPS) is 49.2. The molecule has 114 valence electrons. The fraction of sp³-hybridized carbons (Fsp3) is 0.750. The minimum absolute atomic E-state index is 0.281. The lowest BCUT2D eigenvalue weighted by Crippen LogP contribution is -2.50. The van der Waals surface area contributed by atoms with Crippen LogP contribution in [0.15, 0.2) is 23.8 Å². The molecule has 0 aromatic heterocycles. The molecule has 4 aliphatic rings. The van der Waals surface area contributed by atoms with Crippen molar-refractivity contribution in [3.63, 3.8) is 0 Å². The van der Waals surface area contributed by atoms with E-state index in [2.05, 4.69) is 20.4 Å². The van der Waals surface area contributed by atoms with Crippen molar-refractivity contribution in [2.24, 2.45) is 28.6 Å². The second-order valence-electron chi connectivity index (χ2n) is 8.71. The van der Waals surface area contributed by atoms with Crippen LogP contribution in [0.1, 0.15) is 65.2 Å². The van der Waals surface area contributed by atoms with Crippen LogP contribution in [0.3, 0.4) is 0 Å². The van der Waals surface area contributed by atoms with Crippen LogP contribution >= 0.6 is 0 Å². The standard InChI is InChI=1S/C20H28O/c1-13-11-14-12-15(21)6-10-20(14,3)17-7-9-19(2)8-4-5-16(19)18(13)17/h12,16-18H,1,4-11H2,2-3H3/t16-,17+,18-,19-,20-/m0/s1. The highest BCUT2D eigenvalue weighted by molar-refractivity contribution is 5.91. The van der Waals surface area contributed by atoms with Gasteiger partial charge in [-0.1, -0.05) is 38.0 Å². The highest BCUT2D eigenvalue weighted by Gasteiger charge is 2.57. The molecule has 0 spiro atoms. The van der Waals surface area contributed by atoms with Gasteiger partial charge in [-0.25, -0.2) is 0 Å². The van der Waals surface area contributed by atoms with Gasteiger partial charge in [0.1, 0.15) is 0 Å². The van der Waals surface area contributed by atoms with Gasteiger partial charge in [-0.15, -0.1) is 0 Å². The van der Waals surface area contributed by atoms with Gasteiger partial charge < -0.3 is 0 Å². The molecule has 0 aliphatic heterocycles. The Morgan fingerprint density at radius 2 is 1.95 bits per heavy atom. The van der Waals surface area contributed by atoms with Crippen molar-refractivity contribution in [1.29, 1.82) is 0 Å². The average Bonchev–Trinajstić information content (AvgIpc) is 2.82. The molecule has 0 aromatic carbocycles. The molecule has 0 N–H and O–H groups in total. The lowest BCUT2D eigenvalue weighted by Gasteiger charge is -2.58. The summed E-state index contributed by atoms with van der Waals surface area (Å²) in [6, 6.07) is 0. The van der Waals surface area contributed by atoms with Crippen molar-refractivity contribution in [3.8, 4) is 0 Å². The molecule has 21 heavy (non-hydrogen) atoms. The Labute approximate surface area is 128 Å². The highest BCUT2D eigenvalue weighted by atomic mass is 16.1. The maximum absolute atomic E-state index is 11.9. The first-order valence-electron chi connectivity index (χ1n) is 8.86. The van der Waals surface area contributed by atoms with Crippen molar-refractivity contribution in [1.82, 2.24) is 0 Å². The summed E-state index contributed by atoms with van der Waals surface area (Å²) in [6.07, 6.45) is 11.8. The second-order valence-corrected chi connectivity index (χ2v) is 8.71. The second kappa shape index (κ2) is 4.33. The Bertz CT molecular complexity index is 542. The zero-order valence-corrected chi connectivity index (χ0v) is 13.6. The van der Waals surface area contributed by atoms with E-state index < -0.39 is 0 Å². The van der Waals surface area contributed by atoms with Crippen LogP contribution in [0.4, 0.5) is 0 Å². The topological polar surface area (TPSA) is 17.1 Å². The minimum Gasteiger partial charge on any atom is -0.295 e. The summed E-state index contributed by atoms with van der Waals surface area (Å²) in [6.45, 7) is 9.47. The summed E-state index contributed by atoms with van der Waals surface area (Å²) in [5.74, 6) is 2.67. The first-order chi connectivity index (χ1) is 9.94. The number of ketones is 1. The van der Waals surface area contributed by atoms with Crippen molar-refractivity contribution >= 4 is 5.78 Å². The highest BCUT2D eigenvalue weighted by Crippen LogP contribution is 2.66. The predicted molar refractivity (Wildman–Crippen MR) is 85.9 cm³/mol. The summed E-state index contributed by atoms with van der Waals surface area (Å²) in [5.41, 5.74) is 3.71. The maximum Gasteiger partial charge on any atom is 0.155 e. The first-order valence-corrected chi connectivity index (χ1v) is 8.86. The average molecular weight is 284 g/mol. The van der Waals surface area contributed by atoms with Crippen LogP contribution in [0.2, 0.25) is 0 Å². The zero-order chi connectivity index (χ0) is 14.8. The van der Waals surface area contributed by atoms with E-state index in [1.807, 2.05) is 6.08 Å². The molecule has 3 fully saturated rings. The van der Waals surface area contributed by atoms with Gasteiger partial charge in [0.05, 0.1) is 0 Å². The first kappa shape index (κ1) is 13.8. The summed E-state index contributed by atoms with van der Waals surface area (Å²) >= 11 is 0. The van der Waals surface area contributed by atoms with Crippen LogP contribution in [-0.4, -0.2) is 5.78 Å². The van der Waals surface area contributed by atoms with E-state index in [1.165, 1.54) is 43.3 Å². The third-order valence-corrected chi connectivity index (χ3v) is 7.72. The summed E-state index contributed by atoms with van der Waals surface area (Å²) in [5, 5.41) is 0. The maximum atomic E-state index is 11.9. The molecular formula is C20H28O. The number of allylic oxidation sites excluding steroid dienone is 2. The molecular weight excluding hydrogens is 256 g/mol. The molecule has 1 heteroatoms. The molecule has 4 aliphatic carbocycles. The van der Waals surface area contributed by atoms with Gasteiger partial charge in [-0.05, 0) is 73.2 Å². The van der Waals surface area contributed by atoms with E-state index in [1.54, 1.807) is 0 Å². The summed E-state index contributed by atoms with van der Waals surface area (Å²) < 4.78 is 0. The van der Waals surface area contributed by atoms with Gasteiger partial charge in [0.25, 0.3) is 0 Å². The molecule has 0 amide bonds. The van der Waals surface area contributed by atoms with E-state index in [-0.39, 0.29) is 5.41 Å². The van der Waals surface area contributed by atoms with Crippen LogP contribution in [-0.2, 0) is 4.79 Å². The van der Waals surface area contributed by atoms with Crippen LogP contribution in [0.25, 0.3) is 0 Å². The molecule has 1 nitrogen and oxygen atoms in total. The third-order valence-electron chi connectivity index (χ3n) is 7.72. The minimum atomic E-state index is 0.281. The monoisotopic (exact) mass is 284 g/mol. The Morgan fingerprint density at radius 1 is 1.14 bits per heavy atom. The molecule has 0 bridgehead atoms. The number of carbonyl (C=O) groups excluding carboxylic acids is 1. The van der Waals surface area contributed by atoms with E-state index >= 15 is 0 Å². The number of rotatable bonds is 0. The summed E-state index contributed by atoms with van der Waals surface area (Å²) in [7, 11) is 0. The number of hydrogen-bond donors (Lipinski definition) is 0. The van der Waals surface area contributed by atoms with Gasteiger partial charge in [0, 0.05) is 6.42 Å². The van der Waals surface area contributed by atoms with E-state index in [0.29, 0.717) is 11.2 Å². The largest absolute Gasteiger partial charge is 0.295 e. The lowest BCUT2D eigenvalue weighted by molar-refractivity contribution is -0.116. The smallest absolute Gasteiger partial charge is 0.155 e. The van der Waals surface area contributed by atoms with Gasteiger partial charge in [0.15, 0.2) is 5.78 Å². The molecule has 0 aromatic rings. The van der Waals surface area contributed by atoms with E-state index in [0.717, 1.165) is 37.0 Å². The summed E-state index contributed by atoms with van der Waals surface area (Å²) in [4.78, 5) is 11.9. The Kier molecular flexibility index (Phi) is 2.85. The van der Waals surface area contributed by atoms with Gasteiger partial charge >= 0.3 is 0 Å². The van der Waals surface area contributed by atoms with Crippen LogP contribution < -0.4 is 0 Å². The molecule has 0 heterocycles. The number of hydrogen-bond acceptors (Lipinski definition) is 1. The Morgan fingerprint density at radius 3 is 2.76 bits per heavy atom. The van der Waals surface area contributed by atoms with Crippen molar-refractivity contribution in [3.05, 3.63) is 23.8 Å². The lowest BCUT2D eigenvalue weighted by atomic mass is 9.46. The quantitative estimate of drug-likeness (QED) is 0.567. The predicted octanol–water partition coefficient (Wildman–Crippen LogP) is 5.07. The molecule has 0 radical (unpaired) electrons. The molecule has 4 rings (SSSR count). The van der Waals surface area contributed by atoms with Gasteiger partial charge in [0.2, 0.25) is 0 Å². The Balaban J connectivity index is 1.76. The van der Waals surface area contributed by atoms with Gasteiger partial charge in [-0.3, -0.25) is 4.79 Å². The molecule has 0 saturated heterocycles.